The summed E-state index contributed by atoms with van der Waals surface area (Å²) in [5, 5.41) is 0. The molecule has 7 heteroatoms. The molecule has 1 heterocycles. The first kappa shape index (κ1) is 21.5. The molecule has 1 unspecified atom stereocenters. The zero-order valence-electron chi connectivity index (χ0n) is 16.4. The minimum atomic E-state index is -2.07. The number of unbranched alkanes of at least 4 members (excludes halogenated alkanes) is 1. The van der Waals surface area contributed by atoms with E-state index in [0.717, 1.165) is 38.5 Å². The van der Waals surface area contributed by atoms with Crippen LogP contribution in [0.15, 0.2) is 0 Å². The molecule has 1 aliphatic rings. The van der Waals surface area contributed by atoms with Gasteiger partial charge in [-0.3, -0.25) is 0 Å². The van der Waals surface area contributed by atoms with Crippen LogP contribution >= 0.6 is 0 Å². The van der Waals surface area contributed by atoms with Crippen molar-refractivity contribution in [3.05, 3.63) is 0 Å². The Kier molecular flexibility index (Phi) is 8.67. The van der Waals surface area contributed by atoms with Crippen LogP contribution in [0.3, 0.4) is 0 Å². The minimum Gasteiger partial charge on any atom is -0.437 e. The number of hydrogen-bond acceptors (Lipinski definition) is 4. The third-order valence-electron chi connectivity index (χ3n) is 3.51. The Morgan fingerprint density at radius 2 is 1.48 bits per heavy atom. The Bertz CT molecular complexity index is 317. The zero-order chi connectivity index (χ0) is 17.6. The summed E-state index contributed by atoms with van der Waals surface area (Å²) in [6.07, 6.45) is 5.65. The molecule has 0 amide bonds. The second-order valence-electron chi connectivity index (χ2n) is 8.69. The van der Waals surface area contributed by atoms with Crippen LogP contribution in [0, 0.1) is 0 Å². The quantitative estimate of drug-likeness (QED) is 0.392. The van der Waals surface area contributed by atoms with Crippen molar-refractivity contribution in [3.63, 3.8) is 0 Å². The third-order valence-corrected chi connectivity index (χ3v) is 13.1. The van der Waals surface area contributed by atoms with Crippen molar-refractivity contribution in [3.8, 4) is 0 Å². The van der Waals surface area contributed by atoms with Crippen LogP contribution in [0.1, 0.15) is 32.1 Å². The maximum absolute atomic E-state index is 6.52. The van der Waals surface area contributed by atoms with Crippen LogP contribution in [0.4, 0.5) is 0 Å². The summed E-state index contributed by atoms with van der Waals surface area (Å²) in [4.78, 5) is 0. The summed E-state index contributed by atoms with van der Waals surface area (Å²) in [7, 11) is -5.23. The molecular weight excluding hydrogens is 340 g/mol. The highest BCUT2D eigenvalue weighted by Crippen LogP contribution is 2.26. The lowest BCUT2D eigenvalue weighted by atomic mass is 10.2. The average Bonchev–Trinajstić information content (AvgIpc) is 2.34. The van der Waals surface area contributed by atoms with Gasteiger partial charge in [-0.15, -0.1) is 0 Å². The fourth-order valence-corrected chi connectivity index (χ4v) is 15.6. The number of ether oxygens (including phenoxy) is 2. The SMILES string of the molecule is C[Si](C)(C)O[Si](C)(CCCCOC1CCCCO1)O[Si](C)(C)C. The van der Waals surface area contributed by atoms with Gasteiger partial charge in [0.05, 0.1) is 0 Å². The Morgan fingerprint density at radius 3 is 1.96 bits per heavy atom. The van der Waals surface area contributed by atoms with E-state index in [1.807, 2.05) is 0 Å². The molecule has 0 radical (unpaired) electrons. The lowest BCUT2D eigenvalue weighted by Gasteiger charge is -2.38. The van der Waals surface area contributed by atoms with Gasteiger partial charge < -0.3 is 17.7 Å². The van der Waals surface area contributed by atoms with Crippen LogP contribution in [0.2, 0.25) is 51.9 Å². The fraction of sp³-hybridized carbons (Fsp3) is 1.00. The van der Waals surface area contributed by atoms with E-state index in [9.17, 15) is 0 Å². The zero-order valence-corrected chi connectivity index (χ0v) is 19.4. The molecule has 0 spiro atoms. The van der Waals surface area contributed by atoms with E-state index >= 15 is 0 Å². The molecule has 0 N–H and O–H groups in total. The van der Waals surface area contributed by atoms with E-state index in [1.165, 1.54) is 12.8 Å². The first-order chi connectivity index (χ1) is 10.5. The van der Waals surface area contributed by atoms with Crippen LogP contribution < -0.4 is 0 Å². The summed E-state index contributed by atoms with van der Waals surface area (Å²) >= 11 is 0. The van der Waals surface area contributed by atoms with Crippen molar-refractivity contribution in [2.75, 3.05) is 13.2 Å². The van der Waals surface area contributed by atoms with E-state index < -0.39 is 25.2 Å². The standard InChI is InChI=1S/C16H38O4Si3/c1-21(2,3)19-23(7,20-22(4,5)6)15-11-10-14-18-16-12-8-9-13-17-16/h16H,8-15H2,1-7H3. The summed E-state index contributed by atoms with van der Waals surface area (Å²) in [6, 6.07) is 1.07. The lowest BCUT2D eigenvalue weighted by Crippen LogP contribution is -2.52. The molecule has 0 aromatic rings. The molecule has 1 saturated heterocycles. The van der Waals surface area contributed by atoms with Crippen molar-refractivity contribution < 1.29 is 17.7 Å². The molecule has 138 valence electrons. The van der Waals surface area contributed by atoms with Crippen LogP contribution in [0.5, 0.6) is 0 Å². The van der Waals surface area contributed by atoms with Gasteiger partial charge >= 0.3 is 8.56 Å². The molecule has 0 aromatic heterocycles. The third kappa shape index (κ3) is 10.9. The smallest absolute Gasteiger partial charge is 0.314 e. The van der Waals surface area contributed by atoms with Crippen molar-refractivity contribution in [2.45, 2.75) is 90.3 Å². The lowest BCUT2D eigenvalue weighted by molar-refractivity contribution is -0.162. The molecule has 0 aliphatic carbocycles. The molecule has 4 nitrogen and oxygen atoms in total. The monoisotopic (exact) mass is 378 g/mol. The highest BCUT2D eigenvalue weighted by molar-refractivity contribution is 6.87. The number of hydrogen-bond donors (Lipinski definition) is 0. The molecule has 0 bridgehead atoms. The van der Waals surface area contributed by atoms with Crippen LogP contribution in [-0.4, -0.2) is 44.7 Å². The van der Waals surface area contributed by atoms with Gasteiger partial charge in [0.25, 0.3) is 0 Å². The van der Waals surface area contributed by atoms with Gasteiger partial charge in [0.1, 0.15) is 0 Å². The van der Waals surface area contributed by atoms with E-state index in [1.54, 1.807) is 0 Å². The van der Waals surface area contributed by atoms with Crippen molar-refractivity contribution in [1.82, 2.24) is 0 Å². The molecule has 1 rings (SSSR count). The highest BCUT2D eigenvalue weighted by Gasteiger charge is 2.39. The van der Waals surface area contributed by atoms with Crippen LogP contribution in [-0.2, 0) is 17.7 Å². The van der Waals surface area contributed by atoms with Gasteiger partial charge in [0, 0.05) is 13.2 Å². The summed E-state index contributed by atoms with van der Waals surface area (Å²) in [6.45, 7) is 17.5. The predicted octanol–water partition coefficient (Wildman–Crippen LogP) is 5.08. The number of rotatable bonds is 10. The Labute approximate surface area is 146 Å². The van der Waals surface area contributed by atoms with Gasteiger partial charge in [-0.25, -0.2) is 0 Å². The van der Waals surface area contributed by atoms with Gasteiger partial charge in [-0.1, -0.05) is 0 Å². The molecule has 0 aromatic carbocycles. The van der Waals surface area contributed by atoms with Crippen molar-refractivity contribution in [2.24, 2.45) is 0 Å². The molecule has 1 aliphatic heterocycles. The fourth-order valence-electron chi connectivity index (χ4n) is 3.02. The topological polar surface area (TPSA) is 36.9 Å². The van der Waals surface area contributed by atoms with E-state index in [4.69, 9.17) is 17.7 Å². The maximum Gasteiger partial charge on any atom is 0.314 e. The summed E-state index contributed by atoms with van der Waals surface area (Å²) < 4.78 is 24.5. The van der Waals surface area contributed by atoms with E-state index in [2.05, 4.69) is 45.8 Å². The van der Waals surface area contributed by atoms with E-state index in [-0.39, 0.29) is 6.29 Å². The predicted molar refractivity (Wildman–Crippen MR) is 104 cm³/mol. The van der Waals surface area contributed by atoms with Gasteiger partial charge in [0.15, 0.2) is 22.9 Å². The second kappa shape index (κ2) is 9.26. The van der Waals surface area contributed by atoms with Gasteiger partial charge in [0.2, 0.25) is 0 Å². The maximum atomic E-state index is 6.52. The molecular formula is C16H38O4Si3. The van der Waals surface area contributed by atoms with Gasteiger partial charge in [-0.05, 0) is 84.0 Å². The van der Waals surface area contributed by atoms with E-state index in [0.29, 0.717) is 0 Å². The average molecular weight is 379 g/mol. The normalized spacial score (nSPS) is 20.7. The van der Waals surface area contributed by atoms with Gasteiger partial charge in [-0.2, -0.15) is 0 Å². The van der Waals surface area contributed by atoms with Crippen molar-refractivity contribution in [1.29, 1.82) is 0 Å². The highest BCUT2D eigenvalue weighted by atomic mass is 28.5. The second-order valence-corrected chi connectivity index (χ2v) is 21.5. The Hall–Kier alpha value is 0.491. The minimum absolute atomic E-state index is 0.0313. The Balaban J connectivity index is 2.35. The van der Waals surface area contributed by atoms with Crippen molar-refractivity contribution >= 4 is 25.2 Å². The Morgan fingerprint density at radius 1 is 0.870 bits per heavy atom. The van der Waals surface area contributed by atoms with Crippen LogP contribution in [0.25, 0.3) is 0 Å². The molecule has 23 heavy (non-hydrogen) atoms. The molecule has 1 atom stereocenters. The first-order valence-electron chi connectivity index (χ1n) is 9.13. The summed E-state index contributed by atoms with van der Waals surface area (Å²) in [5.41, 5.74) is 0. The molecule has 1 fully saturated rings. The molecule has 0 saturated carbocycles. The summed E-state index contributed by atoms with van der Waals surface area (Å²) in [5.74, 6) is 0. The first-order valence-corrected chi connectivity index (χ1v) is 18.5. The largest absolute Gasteiger partial charge is 0.437 e.